The van der Waals surface area contributed by atoms with E-state index in [-0.39, 0.29) is 31.6 Å². The average Bonchev–Trinajstić information content (AvgIpc) is 2.37. The van der Waals surface area contributed by atoms with Crippen LogP contribution in [0.5, 0.6) is 0 Å². The predicted octanol–water partition coefficient (Wildman–Crippen LogP) is 1.22. The number of likely N-dealkylation sites (N-methyl/N-ethyl adjacent to an activating group) is 1. The van der Waals surface area contributed by atoms with Crippen molar-refractivity contribution in [3.8, 4) is 0 Å². The summed E-state index contributed by atoms with van der Waals surface area (Å²) in [5.74, 6) is -0.712. The molecule has 0 fully saturated rings. The van der Waals surface area contributed by atoms with Gasteiger partial charge in [-0.05, 0) is 19.5 Å². The van der Waals surface area contributed by atoms with Crippen LogP contribution in [-0.4, -0.2) is 43.6 Å². The third kappa shape index (κ3) is 6.57. The highest BCUT2D eigenvalue weighted by atomic mass is 16.5. The monoisotopic (exact) mass is 265 g/mol. The van der Waals surface area contributed by atoms with Crippen LogP contribution in [0.25, 0.3) is 0 Å². The van der Waals surface area contributed by atoms with Crippen LogP contribution in [0, 0.1) is 0 Å². The van der Waals surface area contributed by atoms with Crippen molar-refractivity contribution < 1.29 is 19.1 Å². The van der Waals surface area contributed by atoms with E-state index in [1.165, 1.54) is 0 Å². The van der Waals surface area contributed by atoms with Gasteiger partial charge in [-0.3, -0.25) is 14.5 Å². The fourth-order valence-corrected chi connectivity index (χ4v) is 1.49. The second-order valence-electron chi connectivity index (χ2n) is 4.12. The zero-order valence-corrected chi connectivity index (χ0v) is 11.3. The Hall–Kier alpha value is -1.88. The molecule has 0 radical (unpaired) electrons. The first kappa shape index (κ1) is 15.2. The third-order valence-corrected chi connectivity index (χ3v) is 2.35. The van der Waals surface area contributed by atoms with Crippen molar-refractivity contribution >= 4 is 11.9 Å². The van der Waals surface area contributed by atoms with Crippen LogP contribution in [0.3, 0.4) is 0 Å². The van der Waals surface area contributed by atoms with Crippen molar-refractivity contribution in [3.05, 3.63) is 35.9 Å². The summed E-state index contributed by atoms with van der Waals surface area (Å²) in [6.07, 6.45) is 0. The van der Waals surface area contributed by atoms with Crippen molar-refractivity contribution in [1.82, 2.24) is 4.90 Å². The lowest BCUT2D eigenvalue weighted by molar-refractivity contribution is -0.148. The molecule has 5 nitrogen and oxygen atoms in total. The molecule has 5 heteroatoms. The van der Waals surface area contributed by atoms with Gasteiger partial charge in [0, 0.05) is 0 Å². The van der Waals surface area contributed by atoms with Gasteiger partial charge in [0.05, 0.1) is 19.7 Å². The zero-order chi connectivity index (χ0) is 14.1. The minimum Gasteiger partial charge on any atom is -0.465 e. The van der Waals surface area contributed by atoms with E-state index in [9.17, 15) is 9.59 Å². The number of ether oxygens (including phenoxy) is 2. The highest BCUT2D eigenvalue weighted by Gasteiger charge is 2.12. The molecule has 0 bridgehead atoms. The number of hydrogen-bond donors (Lipinski definition) is 0. The summed E-state index contributed by atoms with van der Waals surface area (Å²) in [5.41, 5.74) is 0.934. The molecule has 0 aliphatic carbocycles. The molecular formula is C14H19NO4. The Kier molecular flexibility index (Phi) is 6.60. The van der Waals surface area contributed by atoms with Crippen LogP contribution in [0.1, 0.15) is 12.5 Å². The predicted molar refractivity (Wildman–Crippen MR) is 70.4 cm³/mol. The van der Waals surface area contributed by atoms with E-state index in [2.05, 4.69) is 0 Å². The van der Waals surface area contributed by atoms with Crippen LogP contribution in [0.15, 0.2) is 30.3 Å². The van der Waals surface area contributed by atoms with E-state index in [1.807, 2.05) is 30.3 Å². The first-order chi connectivity index (χ1) is 9.11. The van der Waals surface area contributed by atoms with Crippen molar-refractivity contribution in [3.63, 3.8) is 0 Å². The second kappa shape index (κ2) is 8.26. The summed E-state index contributed by atoms with van der Waals surface area (Å²) < 4.78 is 9.90. The maximum absolute atomic E-state index is 11.6. The smallest absolute Gasteiger partial charge is 0.320 e. The normalized spacial score (nSPS) is 10.3. The highest BCUT2D eigenvalue weighted by molar-refractivity contribution is 5.74. The Labute approximate surface area is 113 Å². The quantitative estimate of drug-likeness (QED) is 0.694. The Balaban J connectivity index is 2.25. The molecule has 0 saturated heterocycles. The van der Waals surface area contributed by atoms with Gasteiger partial charge in [-0.1, -0.05) is 30.3 Å². The summed E-state index contributed by atoms with van der Waals surface area (Å²) in [5, 5.41) is 0. The first-order valence-corrected chi connectivity index (χ1v) is 6.15. The standard InChI is InChI=1S/C14H19NO4/c1-3-18-13(16)9-15(2)10-14(17)19-11-12-7-5-4-6-8-12/h4-8H,3,9-11H2,1-2H3. The molecule has 0 atom stereocenters. The van der Waals surface area contributed by atoms with E-state index < -0.39 is 0 Å². The largest absolute Gasteiger partial charge is 0.465 e. The molecule has 104 valence electrons. The molecule has 1 rings (SSSR count). The first-order valence-electron chi connectivity index (χ1n) is 6.15. The molecule has 0 N–H and O–H groups in total. The SMILES string of the molecule is CCOC(=O)CN(C)CC(=O)OCc1ccccc1. The van der Waals surface area contributed by atoms with Crippen molar-refractivity contribution in [1.29, 1.82) is 0 Å². The summed E-state index contributed by atoms with van der Waals surface area (Å²) in [6.45, 7) is 2.46. The highest BCUT2D eigenvalue weighted by Crippen LogP contribution is 2.01. The molecule has 0 spiro atoms. The van der Waals surface area contributed by atoms with Gasteiger partial charge in [0.15, 0.2) is 0 Å². The molecule has 1 aromatic carbocycles. The van der Waals surface area contributed by atoms with Gasteiger partial charge in [-0.25, -0.2) is 0 Å². The maximum atomic E-state index is 11.6. The van der Waals surface area contributed by atoms with Crippen LogP contribution < -0.4 is 0 Å². The van der Waals surface area contributed by atoms with Crippen LogP contribution in [0.4, 0.5) is 0 Å². The van der Waals surface area contributed by atoms with Crippen molar-refractivity contribution in [2.45, 2.75) is 13.5 Å². The van der Waals surface area contributed by atoms with Gasteiger partial charge < -0.3 is 9.47 Å². The lowest BCUT2D eigenvalue weighted by Gasteiger charge is -2.14. The van der Waals surface area contributed by atoms with Crippen molar-refractivity contribution in [2.24, 2.45) is 0 Å². The van der Waals surface area contributed by atoms with E-state index in [0.29, 0.717) is 6.61 Å². The molecule has 0 amide bonds. The van der Waals surface area contributed by atoms with Gasteiger partial charge in [0.25, 0.3) is 0 Å². The van der Waals surface area contributed by atoms with E-state index in [1.54, 1.807) is 18.9 Å². The van der Waals surface area contributed by atoms with Gasteiger partial charge in [0.2, 0.25) is 0 Å². The summed E-state index contributed by atoms with van der Waals surface area (Å²) >= 11 is 0. The molecule has 0 heterocycles. The van der Waals surface area contributed by atoms with E-state index in [4.69, 9.17) is 9.47 Å². The molecule has 0 saturated carbocycles. The van der Waals surface area contributed by atoms with Crippen molar-refractivity contribution in [2.75, 3.05) is 26.7 Å². The van der Waals surface area contributed by atoms with Gasteiger partial charge >= 0.3 is 11.9 Å². The molecule has 0 aliphatic rings. The fraction of sp³-hybridized carbons (Fsp3) is 0.429. The molecule has 0 aromatic heterocycles. The molecular weight excluding hydrogens is 246 g/mol. The topological polar surface area (TPSA) is 55.8 Å². The Bertz CT molecular complexity index is 405. The van der Waals surface area contributed by atoms with Crippen LogP contribution in [-0.2, 0) is 25.7 Å². The lowest BCUT2D eigenvalue weighted by Crippen LogP contribution is -2.32. The number of benzene rings is 1. The number of rotatable bonds is 7. The minimum atomic E-state index is -0.365. The fourth-order valence-electron chi connectivity index (χ4n) is 1.49. The van der Waals surface area contributed by atoms with E-state index in [0.717, 1.165) is 5.56 Å². The number of hydrogen-bond acceptors (Lipinski definition) is 5. The number of carbonyl (C=O) groups excluding carboxylic acids is 2. The molecule has 19 heavy (non-hydrogen) atoms. The van der Waals surface area contributed by atoms with Crippen LogP contribution >= 0.6 is 0 Å². The van der Waals surface area contributed by atoms with E-state index >= 15 is 0 Å². The van der Waals surface area contributed by atoms with Gasteiger partial charge in [-0.2, -0.15) is 0 Å². The maximum Gasteiger partial charge on any atom is 0.320 e. The Morgan fingerprint density at radius 2 is 1.63 bits per heavy atom. The summed E-state index contributed by atoms with van der Waals surface area (Å²) in [7, 11) is 1.67. The molecule has 0 aliphatic heterocycles. The molecule has 0 unspecified atom stereocenters. The number of esters is 2. The minimum absolute atomic E-state index is 0.0612. The summed E-state index contributed by atoms with van der Waals surface area (Å²) in [6, 6.07) is 9.44. The average molecular weight is 265 g/mol. The Morgan fingerprint density at radius 3 is 2.21 bits per heavy atom. The second-order valence-corrected chi connectivity index (χ2v) is 4.12. The zero-order valence-electron chi connectivity index (χ0n) is 11.3. The Morgan fingerprint density at radius 1 is 1.05 bits per heavy atom. The summed E-state index contributed by atoms with van der Waals surface area (Å²) in [4.78, 5) is 24.3. The van der Waals surface area contributed by atoms with Crippen LogP contribution in [0.2, 0.25) is 0 Å². The third-order valence-electron chi connectivity index (χ3n) is 2.35. The molecule has 1 aromatic rings. The van der Waals surface area contributed by atoms with Gasteiger partial charge in [0.1, 0.15) is 6.61 Å². The lowest BCUT2D eigenvalue weighted by atomic mass is 10.2. The number of nitrogens with zero attached hydrogens (tertiary/aromatic N) is 1. The number of carbonyl (C=O) groups is 2. The van der Waals surface area contributed by atoms with Gasteiger partial charge in [-0.15, -0.1) is 0 Å².